The average molecular weight is 971 g/mol. The lowest BCUT2D eigenvalue weighted by atomic mass is 9.52. The number of aliphatic hydroxyl groups excluding tert-OH is 2. The van der Waals surface area contributed by atoms with Crippen molar-refractivity contribution in [2.24, 2.45) is 0 Å². The summed E-state index contributed by atoms with van der Waals surface area (Å²) in [4.78, 5) is 10.7. The van der Waals surface area contributed by atoms with Crippen molar-refractivity contribution in [3.8, 4) is 0 Å². The van der Waals surface area contributed by atoms with E-state index in [0.29, 0.717) is 32.5 Å². The molecule has 390 valence electrons. The standard InChI is InChI=1S/C23H28O3.C18H24O2.C18H24O.3C2H6/c1-15(13-20(24)25)5-8-19-23(4,26-19)16-6-7-17-18(14-16)22(3)11-9-21(17,2)10-12-22;1-16-6-8-17(2,9-7-16)14-10-12(4-5-13(14)16)18(3)15(11-19)20-18;1-13(6-11-19)14-4-5-15-16(12-14)18(3)9-7-17(15,2)8-10-18;3*1-2/h5-8,13-14,19H,9-12H2,1-4H3,(H,24,25);4-5,10,15,19H,6-9,11H2,1-3H3;4-6,12,19H,7-11H2,1-3H3;3*1-2H3/b8-5+,15-13+;;13-6-;;;/t19?,21?,22?,23-;15?,16?,17?,18-;;;;/m11..../s1. The number of benzene rings is 3. The lowest BCUT2D eigenvalue weighted by Crippen LogP contribution is -2.44. The van der Waals surface area contributed by atoms with Crippen molar-refractivity contribution < 1.29 is 29.6 Å². The number of hydrogen-bond donors (Lipinski definition) is 3. The Kier molecular flexibility index (Phi) is 16.9. The molecule has 0 amide bonds. The van der Waals surface area contributed by atoms with Gasteiger partial charge in [-0.3, -0.25) is 0 Å². The Bertz CT molecular complexity index is 2460. The first-order valence-corrected chi connectivity index (χ1v) is 27.9. The Morgan fingerprint density at radius 3 is 1.27 bits per heavy atom. The van der Waals surface area contributed by atoms with E-state index < -0.39 is 5.97 Å². The summed E-state index contributed by atoms with van der Waals surface area (Å²) in [5.74, 6) is -0.918. The second kappa shape index (κ2) is 21.2. The van der Waals surface area contributed by atoms with Crippen LogP contribution in [-0.4, -0.2) is 46.7 Å². The fourth-order valence-electron chi connectivity index (χ4n) is 13.4. The van der Waals surface area contributed by atoms with Crippen molar-refractivity contribution in [1.29, 1.82) is 0 Å². The zero-order valence-electron chi connectivity index (χ0n) is 47.1. The minimum absolute atomic E-state index is 0.00173. The van der Waals surface area contributed by atoms with E-state index in [1.54, 1.807) is 29.2 Å². The molecule has 6 heteroatoms. The minimum Gasteiger partial charge on any atom is -0.478 e. The molecule has 2 saturated heterocycles. The third kappa shape index (κ3) is 10.5. The summed E-state index contributed by atoms with van der Waals surface area (Å²) in [5, 5.41) is 27.2. The van der Waals surface area contributed by atoms with Gasteiger partial charge in [0.15, 0.2) is 0 Å². The van der Waals surface area contributed by atoms with E-state index in [-0.39, 0.29) is 36.6 Å². The maximum atomic E-state index is 10.7. The van der Waals surface area contributed by atoms with Gasteiger partial charge in [-0.15, -0.1) is 0 Å². The number of aliphatic carboxylic acids is 1. The van der Waals surface area contributed by atoms with Crippen LogP contribution in [0.3, 0.4) is 0 Å². The molecule has 2 unspecified atom stereocenters. The van der Waals surface area contributed by atoms with Gasteiger partial charge in [-0.05, 0) is 198 Å². The van der Waals surface area contributed by atoms with Crippen molar-refractivity contribution >= 4 is 11.5 Å². The van der Waals surface area contributed by atoms with Gasteiger partial charge in [0.1, 0.15) is 23.4 Å². The predicted molar refractivity (Wildman–Crippen MR) is 296 cm³/mol. The quantitative estimate of drug-likeness (QED) is 0.118. The molecule has 3 N–H and O–H groups in total. The van der Waals surface area contributed by atoms with Gasteiger partial charge in [0.05, 0.1) is 13.2 Å². The Labute approximate surface area is 430 Å². The first kappa shape index (κ1) is 56.5. The summed E-state index contributed by atoms with van der Waals surface area (Å²) in [6, 6.07) is 20.9. The van der Waals surface area contributed by atoms with E-state index >= 15 is 0 Å². The van der Waals surface area contributed by atoms with Crippen LogP contribution in [0.1, 0.15) is 238 Å². The molecule has 3 aromatic carbocycles. The number of ether oxygens (including phenoxy) is 2. The molecule has 5 fully saturated rings. The molecule has 0 spiro atoms. The fraction of sp³-hybridized carbons (Fsp3) is 0.615. The highest BCUT2D eigenvalue weighted by atomic mass is 16.6. The Hall–Kier alpha value is -3.81. The number of aliphatic hydroxyl groups is 2. The summed E-state index contributed by atoms with van der Waals surface area (Å²) < 4.78 is 11.7. The third-order valence-electron chi connectivity index (χ3n) is 19.2. The van der Waals surface area contributed by atoms with Crippen LogP contribution < -0.4 is 0 Å². The molecule has 6 nitrogen and oxygen atoms in total. The molecule has 9 aliphatic carbocycles. The second-order valence-corrected chi connectivity index (χ2v) is 23.8. The normalized spacial score (nSPS) is 36.0. The highest BCUT2D eigenvalue weighted by Crippen LogP contribution is 2.60. The average Bonchev–Trinajstić information content (AvgIpc) is 4.28. The van der Waals surface area contributed by atoms with Gasteiger partial charge in [0, 0.05) is 6.08 Å². The van der Waals surface area contributed by atoms with Gasteiger partial charge in [-0.2, -0.15) is 0 Å². The number of carboxylic acids is 1. The monoisotopic (exact) mass is 971 g/mol. The van der Waals surface area contributed by atoms with Crippen LogP contribution in [0, 0.1) is 0 Å². The second-order valence-electron chi connectivity index (χ2n) is 23.8. The van der Waals surface area contributed by atoms with E-state index in [4.69, 9.17) is 19.7 Å². The summed E-state index contributed by atoms with van der Waals surface area (Å²) in [6.07, 6.45) is 22.6. The molecule has 6 bridgehead atoms. The maximum absolute atomic E-state index is 10.7. The molecule has 3 saturated carbocycles. The lowest BCUT2D eigenvalue weighted by molar-refractivity contribution is -0.131. The predicted octanol–water partition coefficient (Wildman–Crippen LogP) is 15.7. The number of rotatable bonds is 8. The molecule has 4 atom stereocenters. The lowest BCUT2D eigenvalue weighted by Gasteiger charge is -2.52. The number of carboxylic acid groups (broad SMARTS) is 1. The molecule has 2 aliphatic heterocycles. The van der Waals surface area contributed by atoms with E-state index in [1.165, 1.54) is 117 Å². The van der Waals surface area contributed by atoms with Gasteiger partial charge in [0.25, 0.3) is 0 Å². The van der Waals surface area contributed by atoms with E-state index in [0.717, 1.165) is 5.57 Å². The molecule has 14 rings (SSSR count). The van der Waals surface area contributed by atoms with Crippen molar-refractivity contribution in [3.63, 3.8) is 0 Å². The van der Waals surface area contributed by atoms with Crippen LogP contribution in [0.15, 0.2) is 84.5 Å². The molecular formula is C65H94O6. The summed E-state index contributed by atoms with van der Waals surface area (Å²) in [7, 11) is 0. The number of fused-ring (bicyclic) bond motifs is 6. The van der Waals surface area contributed by atoms with E-state index in [2.05, 4.69) is 117 Å². The minimum atomic E-state index is -0.918. The van der Waals surface area contributed by atoms with Gasteiger partial charge in [-0.25, -0.2) is 4.79 Å². The Morgan fingerprint density at radius 2 is 0.901 bits per heavy atom. The summed E-state index contributed by atoms with van der Waals surface area (Å²) in [5.41, 5.74) is 16.6. The van der Waals surface area contributed by atoms with Gasteiger partial charge in [0.2, 0.25) is 0 Å². The van der Waals surface area contributed by atoms with Crippen molar-refractivity contribution in [1.82, 2.24) is 0 Å². The van der Waals surface area contributed by atoms with Crippen LogP contribution in [0.25, 0.3) is 5.57 Å². The summed E-state index contributed by atoms with van der Waals surface area (Å²) >= 11 is 0. The van der Waals surface area contributed by atoms with Crippen LogP contribution in [0.2, 0.25) is 0 Å². The molecule has 0 aromatic heterocycles. The van der Waals surface area contributed by atoms with Crippen LogP contribution in [-0.2, 0) is 58.0 Å². The topological polar surface area (TPSA) is 103 Å². The van der Waals surface area contributed by atoms with E-state index in [9.17, 15) is 9.90 Å². The Morgan fingerprint density at radius 1 is 0.535 bits per heavy atom. The molecule has 3 aromatic rings. The molecule has 71 heavy (non-hydrogen) atoms. The van der Waals surface area contributed by atoms with Crippen LogP contribution >= 0.6 is 0 Å². The van der Waals surface area contributed by atoms with Crippen molar-refractivity contribution in [2.45, 2.75) is 244 Å². The highest BCUT2D eigenvalue weighted by Gasteiger charge is 2.56. The van der Waals surface area contributed by atoms with Crippen LogP contribution in [0.5, 0.6) is 0 Å². The smallest absolute Gasteiger partial charge is 0.328 e. The van der Waals surface area contributed by atoms with Gasteiger partial charge >= 0.3 is 5.97 Å². The largest absolute Gasteiger partial charge is 0.478 e. The van der Waals surface area contributed by atoms with Gasteiger partial charge in [-0.1, -0.05) is 156 Å². The highest BCUT2D eigenvalue weighted by molar-refractivity contribution is 5.81. The SMILES string of the molecule is C/C(=C/CO)c1ccc2c(c1)C1(C)CCC2(C)CC1.CC.CC.CC.CC(/C=C/C1O[C@]1(C)c1ccc2c(c1)C1(C)CCC2(C)CC1)=C\C(=O)O.CC12CCC(C)(CC1)c1cc([C@@]3(C)OC3CO)ccc12. The number of hydrogen-bond acceptors (Lipinski definition) is 5. The molecular weight excluding hydrogens is 877 g/mol. The zero-order valence-corrected chi connectivity index (χ0v) is 47.1. The third-order valence-corrected chi connectivity index (χ3v) is 19.2. The van der Waals surface area contributed by atoms with E-state index in [1.807, 2.05) is 59.8 Å². The Balaban J connectivity index is 0.000000167. The number of allylic oxidation sites excluding steroid dienone is 3. The van der Waals surface area contributed by atoms with Gasteiger partial charge < -0.3 is 24.8 Å². The fourth-order valence-corrected chi connectivity index (χ4v) is 13.4. The molecule has 0 radical (unpaired) electrons. The summed E-state index contributed by atoms with van der Waals surface area (Å²) in [6.45, 7) is 34.9. The first-order valence-electron chi connectivity index (χ1n) is 27.9. The van der Waals surface area contributed by atoms with Crippen molar-refractivity contribution in [2.75, 3.05) is 13.2 Å². The number of carbonyl (C=O) groups is 1. The molecule has 11 aliphatic rings. The van der Waals surface area contributed by atoms with Crippen molar-refractivity contribution in [3.05, 3.63) is 135 Å². The zero-order chi connectivity index (χ0) is 52.6. The van der Waals surface area contributed by atoms with Crippen LogP contribution in [0.4, 0.5) is 0 Å². The first-order chi connectivity index (χ1) is 33.6. The molecule has 2 heterocycles. The number of epoxide rings is 2. The maximum Gasteiger partial charge on any atom is 0.328 e.